The average molecular weight is 255 g/mol. The maximum absolute atomic E-state index is 12.0. The van der Waals surface area contributed by atoms with Gasteiger partial charge in [-0.05, 0) is 50.4 Å². The van der Waals surface area contributed by atoms with E-state index >= 15 is 0 Å². The second kappa shape index (κ2) is 7.78. The van der Waals surface area contributed by atoms with Gasteiger partial charge in [0.15, 0.2) is 0 Å². The molecule has 1 aliphatic carbocycles. The normalized spacial score (nSPS) is 24.3. The summed E-state index contributed by atoms with van der Waals surface area (Å²) >= 11 is 0. The van der Waals surface area contributed by atoms with Crippen LogP contribution in [0.2, 0.25) is 0 Å². The van der Waals surface area contributed by atoms with E-state index in [1.807, 2.05) is 11.9 Å². The molecule has 1 fully saturated rings. The van der Waals surface area contributed by atoms with E-state index in [1.54, 1.807) is 0 Å². The van der Waals surface area contributed by atoms with E-state index in [2.05, 4.69) is 13.8 Å². The first-order valence-corrected chi connectivity index (χ1v) is 7.41. The Hall–Kier alpha value is -0.570. The Kier molecular flexibility index (Phi) is 6.69. The molecule has 0 aliphatic heterocycles. The fourth-order valence-corrected chi connectivity index (χ4v) is 2.80. The summed E-state index contributed by atoms with van der Waals surface area (Å²) in [6, 6.07) is 0.430. The van der Waals surface area contributed by atoms with E-state index in [0.29, 0.717) is 36.8 Å². The number of hydrogen-bond donors (Lipinski definition) is 1. The predicted octanol–water partition coefficient (Wildman–Crippen LogP) is 2.82. The standard InChI is InChI=1S/C15H29NO2/c1-12(2)4-9-15(18)16(3)14-7-5-13(6-8-14)10-11-17/h12-14,17H,4-11H2,1-3H3. The zero-order valence-corrected chi connectivity index (χ0v) is 12.2. The van der Waals surface area contributed by atoms with Crippen LogP contribution >= 0.6 is 0 Å². The van der Waals surface area contributed by atoms with Crippen molar-refractivity contribution in [3.05, 3.63) is 0 Å². The van der Waals surface area contributed by atoms with Gasteiger partial charge >= 0.3 is 0 Å². The molecule has 1 rings (SSSR count). The van der Waals surface area contributed by atoms with Crippen LogP contribution in [0.25, 0.3) is 0 Å². The second-order valence-electron chi connectivity index (χ2n) is 6.12. The van der Waals surface area contributed by atoms with Gasteiger partial charge in [-0.3, -0.25) is 4.79 Å². The number of rotatable bonds is 6. The molecule has 0 unspecified atom stereocenters. The first kappa shape index (κ1) is 15.5. The van der Waals surface area contributed by atoms with E-state index in [4.69, 9.17) is 5.11 Å². The molecule has 0 radical (unpaired) electrons. The number of carbonyl (C=O) groups is 1. The molecule has 0 aromatic carbocycles. The van der Waals surface area contributed by atoms with Crippen molar-refractivity contribution in [1.29, 1.82) is 0 Å². The molecule has 18 heavy (non-hydrogen) atoms. The molecule has 0 atom stereocenters. The van der Waals surface area contributed by atoms with Crippen LogP contribution in [0, 0.1) is 11.8 Å². The van der Waals surface area contributed by atoms with Crippen molar-refractivity contribution >= 4 is 5.91 Å². The van der Waals surface area contributed by atoms with Gasteiger partial charge < -0.3 is 10.0 Å². The van der Waals surface area contributed by atoms with Gasteiger partial charge in [0.25, 0.3) is 0 Å². The number of nitrogens with zero attached hydrogens (tertiary/aromatic N) is 1. The molecule has 1 aliphatic rings. The van der Waals surface area contributed by atoms with Crippen LogP contribution in [0.4, 0.5) is 0 Å². The summed E-state index contributed by atoms with van der Waals surface area (Å²) in [7, 11) is 1.96. The first-order chi connectivity index (χ1) is 8.54. The highest BCUT2D eigenvalue weighted by Crippen LogP contribution is 2.29. The Morgan fingerprint density at radius 1 is 1.28 bits per heavy atom. The summed E-state index contributed by atoms with van der Waals surface area (Å²) in [5, 5.41) is 8.94. The van der Waals surface area contributed by atoms with Crippen LogP contribution in [0.15, 0.2) is 0 Å². The van der Waals surface area contributed by atoms with E-state index in [9.17, 15) is 4.79 Å². The highest BCUT2D eigenvalue weighted by molar-refractivity contribution is 5.76. The van der Waals surface area contributed by atoms with Crippen LogP contribution in [-0.4, -0.2) is 35.6 Å². The monoisotopic (exact) mass is 255 g/mol. The maximum Gasteiger partial charge on any atom is 0.222 e. The molecular formula is C15H29NO2. The molecule has 3 heteroatoms. The lowest BCUT2D eigenvalue weighted by Crippen LogP contribution is -2.39. The summed E-state index contributed by atoms with van der Waals surface area (Å²) in [6.07, 6.45) is 7.13. The highest BCUT2D eigenvalue weighted by atomic mass is 16.3. The van der Waals surface area contributed by atoms with Crippen molar-refractivity contribution in [2.45, 2.75) is 64.8 Å². The third-order valence-electron chi connectivity index (χ3n) is 4.23. The Morgan fingerprint density at radius 2 is 1.89 bits per heavy atom. The van der Waals surface area contributed by atoms with Crippen molar-refractivity contribution in [1.82, 2.24) is 4.90 Å². The maximum atomic E-state index is 12.0. The summed E-state index contributed by atoms with van der Waals surface area (Å²) in [5.74, 6) is 1.57. The fraction of sp³-hybridized carbons (Fsp3) is 0.933. The van der Waals surface area contributed by atoms with E-state index in [1.165, 1.54) is 0 Å². The first-order valence-electron chi connectivity index (χ1n) is 7.41. The third-order valence-corrected chi connectivity index (χ3v) is 4.23. The van der Waals surface area contributed by atoms with Crippen molar-refractivity contribution in [2.75, 3.05) is 13.7 Å². The lowest BCUT2D eigenvalue weighted by molar-refractivity contribution is -0.133. The molecule has 0 aromatic rings. The van der Waals surface area contributed by atoms with Gasteiger partial charge in [0.1, 0.15) is 0 Å². The van der Waals surface area contributed by atoms with Crippen LogP contribution in [-0.2, 0) is 4.79 Å². The van der Waals surface area contributed by atoms with E-state index in [0.717, 1.165) is 38.5 Å². The fourth-order valence-electron chi connectivity index (χ4n) is 2.80. The number of aliphatic hydroxyl groups is 1. The molecule has 3 nitrogen and oxygen atoms in total. The number of hydrogen-bond acceptors (Lipinski definition) is 2. The van der Waals surface area contributed by atoms with Crippen molar-refractivity contribution < 1.29 is 9.90 Å². The zero-order chi connectivity index (χ0) is 13.5. The minimum absolute atomic E-state index is 0.300. The lowest BCUT2D eigenvalue weighted by atomic mass is 9.83. The SMILES string of the molecule is CC(C)CCC(=O)N(C)C1CCC(CCO)CC1. The lowest BCUT2D eigenvalue weighted by Gasteiger charge is -2.34. The van der Waals surface area contributed by atoms with E-state index in [-0.39, 0.29) is 0 Å². The van der Waals surface area contributed by atoms with Gasteiger partial charge in [-0.2, -0.15) is 0 Å². The number of carbonyl (C=O) groups excluding carboxylic acids is 1. The molecule has 1 amide bonds. The van der Waals surface area contributed by atoms with Gasteiger partial charge in [-0.1, -0.05) is 13.8 Å². The molecule has 1 N–H and O–H groups in total. The number of aliphatic hydroxyl groups excluding tert-OH is 1. The van der Waals surface area contributed by atoms with Crippen LogP contribution in [0.1, 0.15) is 58.8 Å². The Bertz CT molecular complexity index is 245. The van der Waals surface area contributed by atoms with Crippen LogP contribution in [0.5, 0.6) is 0 Å². The van der Waals surface area contributed by atoms with E-state index < -0.39 is 0 Å². The summed E-state index contributed by atoms with van der Waals surface area (Å²) in [6.45, 7) is 4.62. The molecule has 0 bridgehead atoms. The molecule has 0 spiro atoms. The molecule has 0 aromatic heterocycles. The molecule has 106 valence electrons. The minimum Gasteiger partial charge on any atom is -0.396 e. The minimum atomic E-state index is 0.300. The van der Waals surface area contributed by atoms with Crippen molar-refractivity contribution in [2.24, 2.45) is 11.8 Å². The van der Waals surface area contributed by atoms with Gasteiger partial charge in [-0.25, -0.2) is 0 Å². The van der Waals surface area contributed by atoms with Gasteiger partial charge in [0.2, 0.25) is 5.91 Å². The largest absolute Gasteiger partial charge is 0.396 e. The Morgan fingerprint density at radius 3 is 2.39 bits per heavy atom. The third kappa shape index (κ3) is 4.97. The molecule has 0 heterocycles. The summed E-state index contributed by atoms with van der Waals surface area (Å²) in [5.41, 5.74) is 0. The Labute approximate surface area is 112 Å². The summed E-state index contributed by atoms with van der Waals surface area (Å²) < 4.78 is 0. The quantitative estimate of drug-likeness (QED) is 0.793. The molecular weight excluding hydrogens is 226 g/mol. The molecule has 0 saturated heterocycles. The topological polar surface area (TPSA) is 40.5 Å². The van der Waals surface area contributed by atoms with Crippen molar-refractivity contribution in [3.8, 4) is 0 Å². The number of amides is 1. The average Bonchev–Trinajstić information content (AvgIpc) is 2.36. The zero-order valence-electron chi connectivity index (χ0n) is 12.2. The predicted molar refractivity (Wildman–Crippen MR) is 74.3 cm³/mol. The van der Waals surface area contributed by atoms with Crippen LogP contribution < -0.4 is 0 Å². The van der Waals surface area contributed by atoms with Gasteiger partial charge in [-0.15, -0.1) is 0 Å². The van der Waals surface area contributed by atoms with Gasteiger partial charge in [0, 0.05) is 26.1 Å². The Balaban J connectivity index is 2.30. The van der Waals surface area contributed by atoms with Crippen LogP contribution in [0.3, 0.4) is 0 Å². The second-order valence-corrected chi connectivity index (χ2v) is 6.12. The molecule has 1 saturated carbocycles. The van der Waals surface area contributed by atoms with Crippen molar-refractivity contribution in [3.63, 3.8) is 0 Å². The highest BCUT2D eigenvalue weighted by Gasteiger charge is 2.25. The smallest absolute Gasteiger partial charge is 0.222 e. The van der Waals surface area contributed by atoms with Gasteiger partial charge in [0.05, 0.1) is 0 Å². The summed E-state index contributed by atoms with van der Waals surface area (Å²) in [4.78, 5) is 14.0.